The van der Waals surface area contributed by atoms with Gasteiger partial charge in [-0.05, 0) is 30.1 Å². The van der Waals surface area contributed by atoms with Gasteiger partial charge in [0.05, 0.1) is 11.9 Å². The summed E-state index contributed by atoms with van der Waals surface area (Å²) < 4.78 is 3.60. The Balaban J connectivity index is 2.28. The van der Waals surface area contributed by atoms with Gasteiger partial charge in [0.2, 0.25) is 0 Å². The number of carbonyl (C=O) groups excluding carboxylic acids is 1. The maximum absolute atomic E-state index is 11.8. The van der Waals surface area contributed by atoms with Crippen molar-refractivity contribution < 1.29 is 4.79 Å². The van der Waals surface area contributed by atoms with Crippen LogP contribution in [0.3, 0.4) is 0 Å². The predicted octanol–water partition coefficient (Wildman–Crippen LogP) is 2.80. The summed E-state index contributed by atoms with van der Waals surface area (Å²) in [5.41, 5.74) is 1.18. The molecule has 0 aromatic carbocycles. The maximum atomic E-state index is 11.8. The molecular weight excluding hydrogens is 283 g/mol. The molecule has 0 aliphatic heterocycles. The lowest BCUT2D eigenvalue weighted by atomic mass is 10.2. The third kappa shape index (κ3) is 2.71. The number of pyridine rings is 1. The molecule has 1 N–H and O–H groups in total. The van der Waals surface area contributed by atoms with E-state index in [-0.39, 0.29) is 16.2 Å². The second-order valence-electron chi connectivity index (χ2n) is 3.16. The van der Waals surface area contributed by atoms with Gasteiger partial charge in [0.1, 0.15) is 10.0 Å². The number of halogens is 2. The molecule has 0 aliphatic carbocycles. The average Bonchev–Trinajstić information content (AvgIpc) is 2.76. The molecule has 0 spiro atoms. The van der Waals surface area contributed by atoms with Crippen LogP contribution < -0.4 is 5.32 Å². The van der Waals surface area contributed by atoms with E-state index in [0.29, 0.717) is 10.6 Å². The second kappa shape index (κ2) is 4.95. The van der Waals surface area contributed by atoms with Crippen LogP contribution in [0.2, 0.25) is 10.3 Å². The number of hydrogen-bond donors (Lipinski definition) is 1. The Morgan fingerprint density at radius 3 is 2.82 bits per heavy atom. The number of rotatable bonds is 2. The highest BCUT2D eigenvalue weighted by molar-refractivity contribution is 7.07. The topological polar surface area (TPSA) is 67.8 Å². The molecule has 0 bridgehead atoms. The molecule has 5 nitrogen and oxygen atoms in total. The van der Waals surface area contributed by atoms with Gasteiger partial charge in [-0.25, -0.2) is 4.98 Å². The first-order chi connectivity index (χ1) is 8.08. The summed E-state index contributed by atoms with van der Waals surface area (Å²) in [5, 5.41) is 6.66. The Morgan fingerprint density at radius 1 is 1.47 bits per heavy atom. The van der Waals surface area contributed by atoms with Gasteiger partial charge in [0.15, 0.2) is 5.15 Å². The largest absolute Gasteiger partial charge is 0.318 e. The lowest BCUT2D eigenvalue weighted by Crippen LogP contribution is -2.12. The van der Waals surface area contributed by atoms with Crippen LogP contribution in [0.1, 0.15) is 15.2 Å². The molecule has 0 saturated carbocycles. The SMILES string of the molecule is Cc1cc(Cl)nc(Cl)c1NC(=O)c1cnns1. The highest BCUT2D eigenvalue weighted by Gasteiger charge is 2.14. The third-order valence-corrected chi connectivity index (χ3v) is 3.10. The molecule has 0 saturated heterocycles. The molecule has 0 unspecified atom stereocenters. The van der Waals surface area contributed by atoms with Crippen molar-refractivity contribution in [3.63, 3.8) is 0 Å². The number of hydrogen-bond acceptors (Lipinski definition) is 5. The fraction of sp³-hybridized carbons (Fsp3) is 0.111. The summed E-state index contributed by atoms with van der Waals surface area (Å²) in [7, 11) is 0. The fourth-order valence-corrected chi connectivity index (χ4v) is 2.18. The van der Waals surface area contributed by atoms with Crippen LogP contribution in [0.5, 0.6) is 0 Å². The summed E-state index contributed by atoms with van der Waals surface area (Å²) in [6, 6.07) is 1.62. The van der Waals surface area contributed by atoms with E-state index in [4.69, 9.17) is 23.2 Å². The normalized spacial score (nSPS) is 10.3. The average molecular weight is 289 g/mol. The molecule has 0 aliphatic rings. The maximum Gasteiger partial charge on any atom is 0.269 e. The number of aryl methyl sites for hydroxylation is 1. The van der Waals surface area contributed by atoms with E-state index >= 15 is 0 Å². The first-order valence-corrected chi connectivity index (χ1v) is 6.02. The highest BCUT2D eigenvalue weighted by atomic mass is 35.5. The van der Waals surface area contributed by atoms with Crippen molar-refractivity contribution in [2.24, 2.45) is 0 Å². The third-order valence-electron chi connectivity index (χ3n) is 1.96. The fourth-order valence-electron chi connectivity index (χ4n) is 1.19. The first-order valence-electron chi connectivity index (χ1n) is 4.49. The zero-order valence-corrected chi connectivity index (χ0v) is 10.9. The molecule has 2 rings (SSSR count). The molecule has 2 aromatic rings. The van der Waals surface area contributed by atoms with Crippen molar-refractivity contribution in [1.29, 1.82) is 0 Å². The summed E-state index contributed by atoms with van der Waals surface area (Å²) in [4.78, 5) is 16.0. The second-order valence-corrected chi connectivity index (χ2v) is 4.69. The Bertz CT molecular complexity index is 535. The lowest BCUT2D eigenvalue weighted by Gasteiger charge is -2.08. The Labute approximate surface area is 111 Å². The van der Waals surface area contributed by atoms with Gasteiger partial charge >= 0.3 is 0 Å². The van der Waals surface area contributed by atoms with E-state index in [0.717, 1.165) is 17.1 Å². The number of amides is 1. The van der Waals surface area contributed by atoms with E-state index in [9.17, 15) is 4.79 Å². The van der Waals surface area contributed by atoms with E-state index in [2.05, 4.69) is 19.9 Å². The van der Waals surface area contributed by atoms with Crippen molar-refractivity contribution in [3.8, 4) is 0 Å². The van der Waals surface area contributed by atoms with E-state index < -0.39 is 0 Å². The zero-order valence-electron chi connectivity index (χ0n) is 8.57. The smallest absolute Gasteiger partial charge is 0.269 e. The van der Waals surface area contributed by atoms with Gasteiger partial charge in [-0.1, -0.05) is 27.7 Å². The number of nitrogens with one attached hydrogen (secondary N) is 1. The van der Waals surface area contributed by atoms with Crippen molar-refractivity contribution in [1.82, 2.24) is 14.6 Å². The summed E-state index contributed by atoms with van der Waals surface area (Å²) in [6.07, 6.45) is 1.38. The number of aromatic nitrogens is 3. The molecule has 8 heteroatoms. The quantitative estimate of drug-likeness (QED) is 0.863. The van der Waals surface area contributed by atoms with Crippen LogP contribution in [-0.2, 0) is 0 Å². The minimum atomic E-state index is -0.325. The molecule has 0 atom stereocenters. The Hall–Kier alpha value is -1.24. The van der Waals surface area contributed by atoms with Crippen molar-refractivity contribution in [2.45, 2.75) is 6.92 Å². The van der Waals surface area contributed by atoms with Crippen molar-refractivity contribution >= 4 is 46.3 Å². The number of anilines is 1. The van der Waals surface area contributed by atoms with Gasteiger partial charge in [-0.2, -0.15) is 0 Å². The number of nitrogens with zero attached hydrogens (tertiary/aromatic N) is 3. The van der Waals surface area contributed by atoms with Crippen LogP contribution in [0.15, 0.2) is 12.3 Å². The van der Waals surface area contributed by atoms with Crippen molar-refractivity contribution in [2.75, 3.05) is 5.32 Å². The minimum absolute atomic E-state index is 0.154. The van der Waals surface area contributed by atoms with E-state index in [1.54, 1.807) is 13.0 Å². The number of carbonyl (C=O) groups is 1. The molecular formula is C9H6Cl2N4OS. The zero-order chi connectivity index (χ0) is 12.4. The molecule has 2 heterocycles. The molecule has 17 heavy (non-hydrogen) atoms. The van der Waals surface area contributed by atoms with Crippen LogP contribution in [0.25, 0.3) is 0 Å². The van der Waals surface area contributed by atoms with Crippen LogP contribution >= 0.6 is 34.7 Å². The van der Waals surface area contributed by atoms with Crippen LogP contribution in [0, 0.1) is 6.92 Å². The van der Waals surface area contributed by atoms with Crippen LogP contribution in [-0.4, -0.2) is 20.5 Å². The summed E-state index contributed by atoms with van der Waals surface area (Å²) >= 11 is 12.6. The van der Waals surface area contributed by atoms with Crippen LogP contribution in [0.4, 0.5) is 5.69 Å². The Kier molecular flexibility index (Phi) is 3.56. The molecule has 1 amide bonds. The summed E-state index contributed by atoms with van der Waals surface area (Å²) in [6.45, 7) is 1.78. The highest BCUT2D eigenvalue weighted by Crippen LogP contribution is 2.26. The first kappa shape index (κ1) is 12.2. The van der Waals surface area contributed by atoms with Gasteiger partial charge in [-0.15, -0.1) is 5.10 Å². The molecule has 0 fully saturated rings. The van der Waals surface area contributed by atoms with Gasteiger partial charge in [-0.3, -0.25) is 4.79 Å². The standard InChI is InChI=1S/C9H6Cl2N4OS/c1-4-2-6(10)13-8(11)7(4)14-9(16)5-3-12-15-17-5/h2-3H,1H3,(H,14,16). The van der Waals surface area contributed by atoms with Gasteiger partial charge in [0, 0.05) is 0 Å². The lowest BCUT2D eigenvalue weighted by molar-refractivity contribution is 0.103. The van der Waals surface area contributed by atoms with Gasteiger partial charge in [0.25, 0.3) is 5.91 Å². The van der Waals surface area contributed by atoms with Crippen molar-refractivity contribution in [3.05, 3.63) is 33.0 Å². The predicted molar refractivity (Wildman–Crippen MR) is 66.9 cm³/mol. The monoisotopic (exact) mass is 288 g/mol. The van der Waals surface area contributed by atoms with E-state index in [1.165, 1.54) is 6.20 Å². The molecule has 2 aromatic heterocycles. The van der Waals surface area contributed by atoms with Gasteiger partial charge < -0.3 is 5.32 Å². The Morgan fingerprint density at radius 2 is 2.24 bits per heavy atom. The molecule has 0 radical (unpaired) electrons. The minimum Gasteiger partial charge on any atom is -0.318 e. The summed E-state index contributed by atoms with van der Waals surface area (Å²) in [5.74, 6) is -0.325. The molecule has 88 valence electrons. The van der Waals surface area contributed by atoms with E-state index in [1.807, 2.05) is 0 Å².